The number of benzene rings is 3. The van der Waals surface area contributed by atoms with Crippen LogP contribution in [0.4, 0.5) is 4.39 Å². The van der Waals surface area contributed by atoms with Crippen LogP contribution in [-0.4, -0.2) is 31.1 Å². The summed E-state index contributed by atoms with van der Waals surface area (Å²) in [5.74, 6) is 0.466. The van der Waals surface area contributed by atoms with Crippen molar-refractivity contribution in [2.24, 2.45) is 11.8 Å². The summed E-state index contributed by atoms with van der Waals surface area (Å²) in [6.07, 6.45) is 10.1. The van der Waals surface area contributed by atoms with Crippen molar-refractivity contribution in [3.63, 3.8) is 0 Å². The molecule has 2 aliphatic rings. The zero-order valence-electron chi connectivity index (χ0n) is 26.8. The summed E-state index contributed by atoms with van der Waals surface area (Å²) in [6, 6.07) is 15.2. The fraction of sp³-hybridized carbons (Fsp3) is 0.359. The van der Waals surface area contributed by atoms with Gasteiger partial charge in [-0.1, -0.05) is 67.1 Å². The number of Topliss-reactive ketones (excluding diaryl/α,β-unsaturated/α-hetero) is 2. The minimum absolute atomic E-state index is 0.0837. The molecule has 3 aromatic carbocycles. The van der Waals surface area contributed by atoms with Gasteiger partial charge in [0, 0.05) is 42.5 Å². The number of nitrogens with one attached hydrogen (secondary N) is 1. The lowest BCUT2D eigenvalue weighted by molar-refractivity contribution is -0.122. The first-order valence-corrected chi connectivity index (χ1v) is 16.5. The molecule has 1 aliphatic heterocycles. The Morgan fingerprint density at radius 2 is 1.78 bits per heavy atom. The highest BCUT2D eigenvalue weighted by Crippen LogP contribution is 2.40. The van der Waals surface area contributed by atoms with E-state index in [0.717, 1.165) is 35.1 Å². The summed E-state index contributed by atoms with van der Waals surface area (Å²) < 4.78 is 21.2. The molecule has 3 aromatic rings. The maximum atomic E-state index is 15.5. The average Bonchev–Trinajstić information content (AvgIpc) is 3.36. The molecule has 0 saturated carbocycles. The second kappa shape index (κ2) is 15.0. The van der Waals surface area contributed by atoms with E-state index in [1.807, 2.05) is 62.4 Å². The van der Waals surface area contributed by atoms with Crippen LogP contribution in [0, 0.1) is 24.6 Å². The van der Waals surface area contributed by atoms with Crippen molar-refractivity contribution >= 4 is 29.1 Å². The van der Waals surface area contributed by atoms with Crippen molar-refractivity contribution in [1.82, 2.24) is 5.32 Å². The molecule has 0 aromatic heterocycles. The van der Waals surface area contributed by atoms with Crippen molar-refractivity contribution in [2.75, 3.05) is 13.7 Å². The fourth-order valence-electron chi connectivity index (χ4n) is 6.56. The van der Waals surface area contributed by atoms with Crippen LogP contribution in [-0.2, 0) is 27.2 Å². The number of aryl methyl sites for hydroxylation is 1. The largest absolute Gasteiger partial charge is 0.496 e. The van der Waals surface area contributed by atoms with Gasteiger partial charge in [0.2, 0.25) is 5.91 Å². The SMILES string of the molecule is COc1cc(-c2cccc(-c3cccc(CCCC(=O)C4=CC=CC(C)CC4=O)c3C)c2Cl)cc(F)c1CCC[C@@H]1CNC(=O)C1. The third-order valence-corrected chi connectivity index (χ3v) is 9.59. The monoisotopic (exact) mass is 641 g/mol. The average molecular weight is 642 g/mol. The Kier molecular flexibility index (Phi) is 10.9. The third-order valence-electron chi connectivity index (χ3n) is 9.18. The number of ether oxygens (including phenoxy) is 1. The van der Waals surface area contributed by atoms with Gasteiger partial charge in [0.05, 0.1) is 17.7 Å². The molecule has 240 valence electrons. The lowest BCUT2D eigenvalue weighted by Crippen LogP contribution is -2.14. The summed E-state index contributed by atoms with van der Waals surface area (Å²) in [5, 5.41) is 3.38. The van der Waals surface area contributed by atoms with Gasteiger partial charge in [-0.25, -0.2) is 4.39 Å². The van der Waals surface area contributed by atoms with E-state index in [-0.39, 0.29) is 29.2 Å². The van der Waals surface area contributed by atoms with Crippen LogP contribution in [0.15, 0.2) is 72.3 Å². The van der Waals surface area contributed by atoms with Gasteiger partial charge >= 0.3 is 0 Å². The van der Waals surface area contributed by atoms with Gasteiger partial charge in [0.1, 0.15) is 11.6 Å². The molecule has 1 fully saturated rings. The molecule has 1 unspecified atom stereocenters. The zero-order chi connectivity index (χ0) is 32.8. The van der Waals surface area contributed by atoms with Crippen molar-refractivity contribution in [3.05, 3.63) is 99.9 Å². The van der Waals surface area contributed by atoms with E-state index in [1.54, 1.807) is 13.2 Å². The van der Waals surface area contributed by atoms with Crippen molar-refractivity contribution < 1.29 is 23.5 Å². The molecule has 46 heavy (non-hydrogen) atoms. The predicted octanol–water partition coefficient (Wildman–Crippen LogP) is 8.57. The summed E-state index contributed by atoms with van der Waals surface area (Å²) >= 11 is 7.04. The van der Waals surface area contributed by atoms with E-state index in [1.165, 1.54) is 6.07 Å². The van der Waals surface area contributed by atoms with Gasteiger partial charge in [-0.15, -0.1) is 0 Å². The minimum Gasteiger partial charge on any atom is -0.496 e. The van der Waals surface area contributed by atoms with Gasteiger partial charge in [-0.3, -0.25) is 14.4 Å². The number of amides is 1. The lowest BCUT2D eigenvalue weighted by Gasteiger charge is -2.17. The molecule has 1 aliphatic carbocycles. The van der Waals surface area contributed by atoms with Crippen molar-refractivity contribution in [3.8, 4) is 28.0 Å². The van der Waals surface area contributed by atoms with Crippen LogP contribution in [0.2, 0.25) is 5.02 Å². The standard InChI is InChI=1S/C39H41ClFNO4/c1-24-9-4-17-33(36(44)19-24)35(43)18-7-12-27-11-6-13-29(25(27)2)31-15-8-14-30(39(31)40)28-21-34(41)32(37(22-28)46-3)16-5-10-26-20-38(45)42-23-26/h4,6,8-9,11,13-15,17,21-22,24,26H,5,7,10,12,16,18-20,23H2,1-3H3,(H,42,45)/t24?,26-/m0/s1. The highest BCUT2D eigenvalue weighted by atomic mass is 35.5. The Balaban J connectivity index is 1.31. The van der Waals surface area contributed by atoms with Gasteiger partial charge in [0.25, 0.3) is 0 Å². The van der Waals surface area contributed by atoms with Crippen LogP contribution in [0.5, 0.6) is 5.75 Å². The van der Waals surface area contributed by atoms with E-state index >= 15 is 4.39 Å². The molecule has 0 spiro atoms. The van der Waals surface area contributed by atoms with Crippen LogP contribution >= 0.6 is 11.6 Å². The molecule has 1 heterocycles. The molecular formula is C39H41ClFNO4. The van der Waals surface area contributed by atoms with Crippen LogP contribution < -0.4 is 10.1 Å². The summed E-state index contributed by atoms with van der Waals surface area (Å²) in [7, 11) is 1.55. The molecule has 1 N–H and O–H groups in total. The Morgan fingerprint density at radius 1 is 1.02 bits per heavy atom. The van der Waals surface area contributed by atoms with Gasteiger partial charge in [-0.2, -0.15) is 0 Å². The first kappa shape index (κ1) is 33.3. The molecule has 2 atom stereocenters. The molecule has 5 rings (SSSR count). The number of rotatable bonds is 12. The molecule has 1 saturated heterocycles. The minimum atomic E-state index is -0.337. The van der Waals surface area contributed by atoms with Gasteiger partial charge in [0.15, 0.2) is 11.6 Å². The molecule has 0 bridgehead atoms. The van der Waals surface area contributed by atoms with E-state index < -0.39 is 0 Å². The van der Waals surface area contributed by atoms with Gasteiger partial charge < -0.3 is 10.1 Å². The van der Waals surface area contributed by atoms with Crippen LogP contribution in [0.25, 0.3) is 22.3 Å². The predicted molar refractivity (Wildman–Crippen MR) is 182 cm³/mol. The number of methoxy groups -OCH3 is 1. The molecule has 0 radical (unpaired) electrons. The Labute approximate surface area is 275 Å². The Bertz CT molecular complexity index is 1710. The first-order chi connectivity index (χ1) is 22.2. The number of allylic oxidation sites excluding steroid dienone is 4. The quantitative estimate of drug-likeness (QED) is 0.201. The molecule has 1 amide bonds. The Morgan fingerprint density at radius 3 is 2.54 bits per heavy atom. The number of hydrogen-bond acceptors (Lipinski definition) is 4. The number of hydrogen-bond donors (Lipinski definition) is 1. The lowest BCUT2D eigenvalue weighted by atomic mass is 9.91. The highest BCUT2D eigenvalue weighted by molar-refractivity contribution is 6.36. The van der Waals surface area contributed by atoms with E-state index in [9.17, 15) is 14.4 Å². The van der Waals surface area contributed by atoms with Crippen LogP contribution in [0.1, 0.15) is 62.1 Å². The normalized spacial score (nSPS) is 17.9. The fourth-order valence-corrected chi connectivity index (χ4v) is 6.90. The second-order valence-corrected chi connectivity index (χ2v) is 12.9. The van der Waals surface area contributed by atoms with Crippen molar-refractivity contribution in [2.45, 2.75) is 65.2 Å². The van der Waals surface area contributed by atoms with E-state index in [4.69, 9.17) is 16.3 Å². The highest BCUT2D eigenvalue weighted by Gasteiger charge is 2.23. The van der Waals surface area contributed by atoms with Gasteiger partial charge in [-0.05, 0) is 91.3 Å². The topological polar surface area (TPSA) is 72.5 Å². The number of carbonyl (C=O) groups excluding carboxylic acids is 3. The number of ketones is 2. The molecule has 5 nitrogen and oxygen atoms in total. The summed E-state index contributed by atoms with van der Waals surface area (Å²) in [6.45, 7) is 4.71. The zero-order valence-corrected chi connectivity index (χ0v) is 27.5. The molecular weight excluding hydrogens is 601 g/mol. The van der Waals surface area contributed by atoms with E-state index in [2.05, 4.69) is 11.4 Å². The summed E-state index contributed by atoms with van der Waals surface area (Å²) in [4.78, 5) is 36.9. The summed E-state index contributed by atoms with van der Waals surface area (Å²) in [5.41, 5.74) is 6.16. The van der Waals surface area contributed by atoms with Crippen molar-refractivity contribution in [1.29, 1.82) is 0 Å². The first-order valence-electron chi connectivity index (χ1n) is 16.1. The van der Waals surface area contributed by atoms with Crippen LogP contribution in [0.3, 0.4) is 0 Å². The smallest absolute Gasteiger partial charge is 0.220 e. The second-order valence-electron chi connectivity index (χ2n) is 12.5. The maximum absolute atomic E-state index is 15.5. The molecule has 7 heteroatoms. The third kappa shape index (κ3) is 7.67. The number of halogens is 2. The van der Waals surface area contributed by atoms with E-state index in [0.29, 0.717) is 84.0 Å². The number of carbonyl (C=O) groups is 3. The Hall–Kier alpha value is -4.03. The maximum Gasteiger partial charge on any atom is 0.220 e.